The van der Waals surface area contributed by atoms with Gasteiger partial charge in [-0.05, 0) is 73.6 Å². The van der Waals surface area contributed by atoms with Crippen LogP contribution in [0.1, 0.15) is 74.5 Å². The number of hydrogen-bond donors (Lipinski definition) is 5. The molecule has 2 fully saturated rings. The van der Waals surface area contributed by atoms with Crippen LogP contribution in [0.15, 0.2) is 36.7 Å². The van der Waals surface area contributed by atoms with E-state index in [1.807, 2.05) is 38.1 Å². The van der Waals surface area contributed by atoms with Gasteiger partial charge >= 0.3 is 6.09 Å². The number of H-pyrrole nitrogens is 2. The summed E-state index contributed by atoms with van der Waals surface area (Å²) in [6.07, 6.45) is 6.15. The smallest absolute Gasteiger partial charge is 0.405 e. The molecule has 41 heavy (non-hydrogen) atoms. The van der Waals surface area contributed by atoms with E-state index in [4.69, 9.17) is 0 Å². The van der Waals surface area contributed by atoms with E-state index in [1.54, 1.807) is 17.3 Å². The first-order valence-electron chi connectivity index (χ1n) is 13.6. The molecule has 2 amide bonds. The predicted molar refractivity (Wildman–Crippen MR) is 157 cm³/mol. The van der Waals surface area contributed by atoms with Crippen molar-refractivity contribution in [2.45, 2.75) is 57.7 Å². The lowest BCUT2D eigenvalue weighted by atomic mass is 10.0. The Labute approximate surface area is 245 Å². The first-order valence-corrected chi connectivity index (χ1v) is 13.6. The Morgan fingerprint density at radius 3 is 2.49 bits per heavy atom. The van der Waals surface area contributed by atoms with Crippen molar-refractivity contribution in [3.05, 3.63) is 59.6 Å². The van der Waals surface area contributed by atoms with Crippen molar-refractivity contribution in [2.75, 3.05) is 13.1 Å². The highest BCUT2D eigenvalue weighted by Gasteiger charge is 2.37. The molecule has 0 saturated carbocycles. The van der Waals surface area contributed by atoms with E-state index in [2.05, 4.69) is 54.3 Å². The molecule has 5 rings (SSSR count). The molecule has 10 nitrogen and oxygen atoms in total. The Morgan fingerprint density at radius 1 is 1.02 bits per heavy atom. The van der Waals surface area contributed by atoms with Crippen LogP contribution in [-0.4, -0.2) is 61.1 Å². The zero-order valence-corrected chi connectivity index (χ0v) is 23.8. The van der Waals surface area contributed by atoms with Crippen LogP contribution in [0, 0.1) is 29.6 Å². The van der Waals surface area contributed by atoms with Gasteiger partial charge in [0.25, 0.3) is 0 Å². The first kappa shape index (κ1) is 29.7. The van der Waals surface area contributed by atoms with E-state index in [0.717, 1.165) is 60.6 Å². The summed E-state index contributed by atoms with van der Waals surface area (Å²) in [5, 5.41) is 15.0. The lowest BCUT2D eigenvalue weighted by Crippen LogP contribution is -2.50. The summed E-state index contributed by atoms with van der Waals surface area (Å²) in [6, 6.07) is 7.06. The van der Waals surface area contributed by atoms with Crippen LogP contribution in [0.2, 0.25) is 0 Å². The maximum Gasteiger partial charge on any atom is 0.405 e. The summed E-state index contributed by atoms with van der Waals surface area (Å²) in [7, 11) is 0. The molecule has 11 heteroatoms. The number of hydrogen-bond acceptors (Lipinski definition) is 5. The molecule has 2 aliphatic heterocycles. The van der Waals surface area contributed by atoms with Crippen molar-refractivity contribution >= 4 is 24.4 Å². The number of nitrogens with one attached hydrogen (secondary N) is 4. The SMILES string of the molecule is CC(C)[C@H](NC(=O)O)C(=O)N1CCCC1c1ncc(-c2ccc(C#CC#Cc3cnc(C4CCCN4)[nH]3)cc2)[nH]1.Cl. The number of amides is 2. The van der Waals surface area contributed by atoms with Crippen LogP contribution in [0.3, 0.4) is 0 Å². The number of halogens is 1. The summed E-state index contributed by atoms with van der Waals surface area (Å²) in [5.41, 5.74) is 3.38. The van der Waals surface area contributed by atoms with Gasteiger partial charge < -0.3 is 30.6 Å². The average molecular weight is 576 g/mol. The van der Waals surface area contributed by atoms with Crippen molar-refractivity contribution in [2.24, 2.45) is 5.92 Å². The monoisotopic (exact) mass is 575 g/mol. The third-order valence-electron chi connectivity index (χ3n) is 7.31. The molecule has 2 unspecified atom stereocenters. The van der Waals surface area contributed by atoms with E-state index < -0.39 is 12.1 Å². The molecular formula is C30H34ClN7O3. The van der Waals surface area contributed by atoms with Gasteiger partial charge in [0, 0.05) is 12.1 Å². The van der Waals surface area contributed by atoms with Crippen LogP contribution in [0.5, 0.6) is 0 Å². The Morgan fingerprint density at radius 2 is 1.78 bits per heavy atom. The summed E-state index contributed by atoms with van der Waals surface area (Å²) < 4.78 is 0. The number of aromatic nitrogens is 4. The standard InChI is InChI=1S/C30H33N7O3.ClH/c1-19(2)26(36-30(39)40)29(38)37-16-6-10-25(37)28-33-18-24(35-28)21-13-11-20(12-14-21)7-3-4-8-22-17-32-27(34-22)23-9-5-15-31-23;/h11-14,17-19,23,25-26,31,36H,5-6,9-10,15-16H2,1-2H3,(H,32,34)(H,33,35)(H,39,40);1H/t23?,25?,26-;/m0./s1. The Balaban J connectivity index is 0.00000387. The number of nitrogens with zero attached hydrogens (tertiary/aromatic N) is 3. The van der Waals surface area contributed by atoms with Crippen molar-refractivity contribution in [3.63, 3.8) is 0 Å². The van der Waals surface area contributed by atoms with E-state index in [0.29, 0.717) is 12.4 Å². The number of likely N-dealkylation sites (tertiary alicyclic amines) is 1. The lowest BCUT2D eigenvalue weighted by Gasteiger charge is -2.29. The van der Waals surface area contributed by atoms with Crippen molar-refractivity contribution in [3.8, 4) is 34.9 Å². The Hall–Kier alpha value is -4.25. The van der Waals surface area contributed by atoms with Crippen LogP contribution in [0.4, 0.5) is 4.79 Å². The molecule has 2 aliphatic rings. The van der Waals surface area contributed by atoms with Gasteiger partial charge in [0.15, 0.2) is 0 Å². The summed E-state index contributed by atoms with van der Waals surface area (Å²) in [4.78, 5) is 41.8. The largest absolute Gasteiger partial charge is 0.465 e. The maximum absolute atomic E-state index is 13.2. The molecule has 5 N–H and O–H groups in total. The average Bonchev–Trinajstić information content (AvgIpc) is 3.75. The molecule has 3 atom stereocenters. The second-order valence-corrected chi connectivity index (χ2v) is 10.5. The van der Waals surface area contributed by atoms with Crippen molar-refractivity contribution in [1.29, 1.82) is 0 Å². The number of carbonyl (C=O) groups is 2. The zero-order chi connectivity index (χ0) is 28.1. The third kappa shape index (κ3) is 7.10. The fraction of sp³-hybridized carbons (Fsp3) is 0.400. The van der Waals surface area contributed by atoms with Crippen LogP contribution in [0.25, 0.3) is 11.3 Å². The van der Waals surface area contributed by atoms with Gasteiger partial charge in [-0.3, -0.25) is 4.79 Å². The number of carboxylic acid groups (broad SMARTS) is 1. The van der Waals surface area contributed by atoms with Crippen LogP contribution >= 0.6 is 12.4 Å². The fourth-order valence-electron chi connectivity index (χ4n) is 5.22. The van der Waals surface area contributed by atoms with Gasteiger partial charge in [0.05, 0.1) is 30.2 Å². The number of rotatable bonds is 6. The predicted octanol–water partition coefficient (Wildman–Crippen LogP) is 4.01. The number of carbonyl (C=O) groups excluding carboxylic acids is 1. The van der Waals surface area contributed by atoms with Gasteiger partial charge in [0.1, 0.15) is 23.4 Å². The third-order valence-corrected chi connectivity index (χ3v) is 7.31. The van der Waals surface area contributed by atoms with Gasteiger partial charge in [0.2, 0.25) is 5.91 Å². The normalized spacial score (nSPS) is 18.6. The van der Waals surface area contributed by atoms with Crippen LogP contribution in [-0.2, 0) is 4.79 Å². The topological polar surface area (TPSA) is 139 Å². The molecule has 214 valence electrons. The van der Waals surface area contributed by atoms with Gasteiger partial charge in [-0.2, -0.15) is 0 Å². The van der Waals surface area contributed by atoms with E-state index >= 15 is 0 Å². The minimum absolute atomic E-state index is 0. The molecule has 3 aromatic rings. The lowest BCUT2D eigenvalue weighted by molar-refractivity contribution is -0.135. The molecular weight excluding hydrogens is 542 g/mol. The molecule has 0 spiro atoms. The van der Waals surface area contributed by atoms with Gasteiger partial charge in [-0.1, -0.05) is 31.9 Å². The van der Waals surface area contributed by atoms with Crippen molar-refractivity contribution in [1.82, 2.24) is 35.5 Å². The van der Waals surface area contributed by atoms with E-state index in [-0.39, 0.29) is 36.3 Å². The highest BCUT2D eigenvalue weighted by molar-refractivity contribution is 5.86. The minimum Gasteiger partial charge on any atom is -0.465 e. The van der Waals surface area contributed by atoms with Gasteiger partial charge in [-0.15, -0.1) is 12.4 Å². The molecule has 2 aromatic heterocycles. The van der Waals surface area contributed by atoms with E-state index in [1.165, 1.54) is 0 Å². The van der Waals surface area contributed by atoms with E-state index in [9.17, 15) is 14.7 Å². The summed E-state index contributed by atoms with van der Waals surface area (Å²) in [5.74, 6) is 13.1. The maximum atomic E-state index is 13.2. The summed E-state index contributed by atoms with van der Waals surface area (Å²) in [6.45, 7) is 5.25. The molecule has 1 aromatic carbocycles. The second kappa shape index (κ2) is 13.4. The minimum atomic E-state index is -1.20. The molecule has 4 heterocycles. The molecule has 0 aliphatic carbocycles. The summed E-state index contributed by atoms with van der Waals surface area (Å²) >= 11 is 0. The Bertz CT molecular complexity index is 1480. The highest BCUT2D eigenvalue weighted by Crippen LogP contribution is 2.32. The quantitative estimate of drug-likeness (QED) is 0.282. The number of benzene rings is 1. The zero-order valence-electron chi connectivity index (χ0n) is 23.0. The van der Waals surface area contributed by atoms with Gasteiger partial charge in [-0.25, -0.2) is 14.8 Å². The van der Waals surface area contributed by atoms with Crippen LogP contribution < -0.4 is 10.6 Å². The molecule has 0 bridgehead atoms. The second-order valence-electron chi connectivity index (χ2n) is 10.5. The molecule has 0 radical (unpaired) electrons. The first-order chi connectivity index (χ1) is 19.4. The van der Waals surface area contributed by atoms with Crippen molar-refractivity contribution < 1.29 is 14.7 Å². The number of aromatic amines is 2. The number of imidazole rings is 2. The molecule has 2 saturated heterocycles. The highest BCUT2D eigenvalue weighted by atomic mass is 35.5. The fourth-order valence-corrected chi connectivity index (χ4v) is 5.22. The Kier molecular flexibility index (Phi) is 9.72.